The van der Waals surface area contributed by atoms with Gasteiger partial charge in [0.15, 0.2) is 9.84 Å². The standard InChI is InChI=1S/C29H26ClFN4O2S2/c1-3-24-28(35-16-21(8-11-26(35)32-24)34-12-14-39(36,37)15-13-34)23-10-9-22(18(2)27(23)31)29-33-25(17-38-29)19-4-6-20(30)7-5-19/h4-11,16-17H,3,12-15H2,1-2H3. The molecule has 6 nitrogen and oxygen atoms in total. The molecule has 6 rings (SSSR count). The van der Waals surface area contributed by atoms with E-state index < -0.39 is 9.84 Å². The number of pyridine rings is 1. The van der Waals surface area contributed by atoms with Crippen molar-refractivity contribution >= 4 is 44.1 Å². The molecule has 0 atom stereocenters. The number of fused-ring (bicyclic) bond motifs is 1. The summed E-state index contributed by atoms with van der Waals surface area (Å²) in [7, 11) is -2.99. The molecular formula is C29H26ClFN4O2S2. The lowest BCUT2D eigenvalue weighted by Crippen LogP contribution is -2.40. The van der Waals surface area contributed by atoms with Crippen LogP contribution in [0.2, 0.25) is 5.02 Å². The molecule has 0 unspecified atom stereocenters. The molecular weight excluding hydrogens is 555 g/mol. The van der Waals surface area contributed by atoms with E-state index in [0.717, 1.165) is 38.9 Å². The number of thiazole rings is 1. The minimum atomic E-state index is -2.99. The van der Waals surface area contributed by atoms with Gasteiger partial charge in [-0.25, -0.2) is 22.8 Å². The summed E-state index contributed by atoms with van der Waals surface area (Å²) in [6.45, 7) is 4.67. The molecule has 2 aromatic carbocycles. The fourth-order valence-corrected chi connectivity index (χ4v) is 7.26. The molecule has 3 aromatic heterocycles. The normalized spacial score (nSPS) is 15.2. The fourth-order valence-electron chi connectivity index (χ4n) is 5.02. The van der Waals surface area contributed by atoms with Gasteiger partial charge in [-0.3, -0.25) is 4.40 Å². The monoisotopic (exact) mass is 580 g/mol. The molecule has 0 amide bonds. The van der Waals surface area contributed by atoms with E-state index in [2.05, 4.69) is 4.90 Å². The third kappa shape index (κ3) is 4.83. The van der Waals surface area contributed by atoms with Gasteiger partial charge in [-0.15, -0.1) is 11.3 Å². The first-order chi connectivity index (χ1) is 18.7. The van der Waals surface area contributed by atoms with Crippen molar-refractivity contribution in [3.05, 3.63) is 82.2 Å². The van der Waals surface area contributed by atoms with Crippen LogP contribution in [0.1, 0.15) is 18.2 Å². The Bertz CT molecular complexity index is 1800. The summed E-state index contributed by atoms with van der Waals surface area (Å²) in [5.74, 6) is -0.0385. The highest BCUT2D eigenvalue weighted by molar-refractivity contribution is 7.91. The predicted molar refractivity (Wildman–Crippen MR) is 157 cm³/mol. The molecule has 1 saturated heterocycles. The van der Waals surface area contributed by atoms with Crippen molar-refractivity contribution in [2.75, 3.05) is 29.5 Å². The highest BCUT2D eigenvalue weighted by Crippen LogP contribution is 2.37. The summed E-state index contributed by atoms with van der Waals surface area (Å²) < 4.78 is 41.9. The number of sulfone groups is 1. The molecule has 39 heavy (non-hydrogen) atoms. The predicted octanol–water partition coefficient (Wildman–Crippen LogP) is 6.69. The summed E-state index contributed by atoms with van der Waals surface area (Å²) in [6, 6.07) is 15.1. The van der Waals surface area contributed by atoms with Crippen LogP contribution in [0.25, 0.3) is 38.7 Å². The van der Waals surface area contributed by atoms with Gasteiger partial charge in [0.25, 0.3) is 0 Å². The molecule has 1 aliphatic rings. The smallest absolute Gasteiger partial charge is 0.153 e. The highest BCUT2D eigenvalue weighted by atomic mass is 35.5. The fraction of sp³-hybridized carbons (Fsp3) is 0.241. The summed E-state index contributed by atoms with van der Waals surface area (Å²) in [5.41, 5.74) is 6.68. The second-order valence-electron chi connectivity index (χ2n) is 9.66. The zero-order valence-corrected chi connectivity index (χ0v) is 23.9. The largest absolute Gasteiger partial charge is 0.368 e. The number of hydrogen-bond donors (Lipinski definition) is 0. The topological polar surface area (TPSA) is 67.6 Å². The van der Waals surface area contributed by atoms with E-state index >= 15 is 4.39 Å². The maximum atomic E-state index is 16.1. The van der Waals surface area contributed by atoms with Gasteiger partial charge in [-0.2, -0.15) is 0 Å². The molecule has 0 aliphatic carbocycles. The van der Waals surface area contributed by atoms with Crippen molar-refractivity contribution in [2.45, 2.75) is 20.3 Å². The summed E-state index contributed by atoms with van der Waals surface area (Å²) in [5, 5.41) is 3.38. The zero-order chi connectivity index (χ0) is 27.3. The maximum Gasteiger partial charge on any atom is 0.153 e. The van der Waals surface area contributed by atoms with Crippen LogP contribution >= 0.6 is 22.9 Å². The minimum Gasteiger partial charge on any atom is -0.368 e. The van der Waals surface area contributed by atoms with Gasteiger partial charge in [0, 0.05) is 46.4 Å². The quantitative estimate of drug-likeness (QED) is 0.232. The van der Waals surface area contributed by atoms with E-state index in [0.29, 0.717) is 41.4 Å². The van der Waals surface area contributed by atoms with Gasteiger partial charge in [0.2, 0.25) is 0 Å². The number of nitrogens with zero attached hydrogens (tertiary/aromatic N) is 4. The number of aryl methyl sites for hydroxylation is 1. The van der Waals surface area contributed by atoms with Crippen LogP contribution in [0.15, 0.2) is 60.1 Å². The minimum absolute atomic E-state index is 0.133. The second-order valence-corrected chi connectivity index (χ2v) is 13.3. The lowest BCUT2D eigenvalue weighted by atomic mass is 10.0. The van der Waals surface area contributed by atoms with Crippen LogP contribution in [-0.4, -0.2) is 47.4 Å². The van der Waals surface area contributed by atoms with E-state index in [-0.39, 0.29) is 17.3 Å². The lowest BCUT2D eigenvalue weighted by molar-refractivity contribution is 0.586. The van der Waals surface area contributed by atoms with Gasteiger partial charge in [0.1, 0.15) is 16.5 Å². The Morgan fingerprint density at radius 3 is 2.44 bits per heavy atom. The highest BCUT2D eigenvalue weighted by Gasteiger charge is 2.24. The molecule has 200 valence electrons. The van der Waals surface area contributed by atoms with E-state index in [1.165, 1.54) is 11.3 Å². The van der Waals surface area contributed by atoms with Gasteiger partial charge < -0.3 is 4.90 Å². The Kier molecular flexibility index (Phi) is 6.69. The summed E-state index contributed by atoms with van der Waals surface area (Å²) >= 11 is 7.50. The van der Waals surface area contributed by atoms with Crippen molar-refractivity contribution in [1.29, 1.82) is 0 Å². The SMILES string of the molecule is CCc1nc2ccc(N3CCS(=O)(=O)CC3)cn2c1-c1ccc(-c2nc(-c3ccc(Cl)cc3)cs2)c(C)c1F. The number of imidazole rings is 1. The molecule has 0 N–H and O–H groups in total. The van der Waals surface area contributed by atoms with Crippen molar-refractivity contribution in [2.24, 2.45) is 0 Å². The van der Waals surface area contributed by atoms with Crippen LogP contribution in [0.3, 0.4) is 0 Å². The van der Waals surface area contributed by atoms with Crippen molar-refractivity contribution in [3.63, 3.8) is 0 Å². The average Bonchev–Trinajstić information content (AvgIpc) is 3.55. The van der Waals surface area contributed by atoms with Crippen LogP contribution in [0.5, 0.6) is 0 Å². The molecule has 0 radical (unpaired) electrons. The first-order valence-electron chi connectivity index (χ1n) is 12.7. The Morgan fingerprint density at radius 2 is 1.72 bits per heavy atom. The van der Waals surface area contributed by atoms with Crippen LogP contribution in [-0.2, 0) is 16.3 Å². The Balaban J connectivity index is 1.39. The zero-order valence-electron chi connectivity index (χ0n) is 21.5. The first-order valence-corrected chi connectivity index (χ1v) is 15.8. The molecule has 1 fully saturated rings. The Hall–Kier alpha value is -3.27. The summed E-state index contributed by atoms with van der Waals surface area (Å²) in [4.78, 5) is 11.6. The molecule has 5 aromatic rings. The van der Waals surface area contributed by atoms with E-state index in [4.69, 9.17) is 21.6 Å². The molecule has 0 saturated carbocycles. The number of halogens is 2. The number of aromatic nitrogens is 3. The van der Waals surface area contributed by atoms with Gasteiger partial charge in [0.05, 0.1) is 34.3 Å². The molecule has 1 aliphatic heterocycles. The first kappa shape index (κ1) is 26.0. The second kappa shape index (κ2) is 10.0. The molecule has 0 spiro atoms. The Morgan fingerprint density at radius 1 is 1.00 bits per heavy atom. The number of benzene rings is 2. The van der Waals surface area contributed by atoms with Crippen LogP contribution in [0.4, 0.5) is 10.1 Å². The lowest BCUT2D eigenvalue weighted by Gasteiger charge is -2.28. The van der Waals surface area contributed by atoms with E-state index in [1.807, 2.05) is 71.4 Å². The van der Waals surface area contributed by atoms with Crippen molar-refractivity contribution in [3.8, 4) is 33.1 Å². The Labute approximate surface area is 235 Å². The molecule has 4 heterocycles. The van der Waals surface area contributed by atoms with Gasteiger partial charge >= 0.3 is 0 Å². The number of anilines is 1. The number of hydrogen-bond acceptors (Lipinski definition) is 6. The van der Waals surface area contributed by atoms with Crippen molar-refractivity contribution in [1.82, 2.24) is 14.4 Å². The summed E-state index contributed by atoms with van der Waals surface area (Å²) in [6.07, 6.45) is 2.59. The van der Waals surface area contributed by atoms with Crippen LogP contribution < -0.4 is 4.90 Å². The average molecular weight is 581 g/mol. The third-order valence-electron chi connectivity index (χ3n) is 7.24. The molecule has 0 bridgehead atoms. The maximum absolute atomic E-state index is 16.1. The van der Waals surface area contributed by atoms with E-state index in [9.17, 15) is 8.42 Å². The van der Waals surface area contributed by atoms with Gasteiger partial charge in [-0.1, -0.05) is 36.7 Å². The molecule has 10 heteroatoms. The van der Waals surface area contributed by atoms with Gasteiger partial charge in [-0.05, 0) is 49.2 Å². The number of rotatable bonds is 5. The van der Waals surface area contributed by atoms with E-state index in [1.54, 1.807) is 6.92 Å². The van der Waals surface area contributed by atoms with Crippen molar-refractivity contribution < 1.29 is 12.8 Å². The van der Waals surface area contributed by atoms with Crippen LogP contribution in [0, 0.1) is 12.7 Å². The third-order valence-corrected chi connectivity index (χ3v) is 9.97.